The summed E-state index contributed by atoms with van der Waals surface area (Å²) in [6.07, 6.45) is 5.55. The van der Waals surface area contributed by atoms with E-state index in [1.807, 2.05) is 0 Å². The highest BCUT2D eigenvalue weighted by Gasteiger charge is 2.31. The molecule has 0 saturated heterocycles. The summed E-state index contributed by atoms with van der Waals surface area (Å²) < 4.78 is 44.2. The summed E-state index contributed by atoms with van der Waals surface area (Å²) in [5.41, 5.74) is 0.612. The van der Waals surface area contributed by atoms with Crippen molar-refractivity contribution >= 4 is 11.8 Å². The van der Waals surface area contributed by atoms with E-state index in [9.17, 15) is 27.6 Å². The van der Waals surface area contributed by atoms with Crippen molar-refractivity contribution in [1.82, 2.24) is 30.2 Å². The Morgan fingerprint density at radius 1 is 1.00 bits per heavy atom. The molecule has 2 amide bonds. The largest absolute Gasteiger partial charge is 0.573 e. The average molecular weight is 575 g/mol. The van der Waals surface area contributed by atoms with Gasteiger partial charge in [0.15, 0.2) is 5.69 Å². The molecule has 0 bridgehead atoms. The standard InChI is InChI=1S/C28H33F3N6O4/c29-28(30,31)41-23-10-6-9-21(15-23)18-33-27(40)24-19-37(35-34-24)13-5-4-12-36-14-11-22(16-25(36)38)26(39)32-17-20-7-2-1-3-8-20/h6,9-11,14-16,19-20H,1-5,7-8,12-13,17-18H2,(H,32,39)(H,33,40). The molecule has 2 N–H and O–H groups in total. The van der Waals surface area contributed by atoms with E-state index in [0.717, 1.165) is 12.8 Å². The Morgan fingerprint density at radius 2 is 1.78 bits per heavy atom. The fraction of sp³-hybridized carbons (Fsp3) is 0.464. The first-order valence-corrected chi connectivity index (χ1v) is 13.7. The second kappa shape index (κ2) is 14.0. The molecular formula is C28H33F3N6O4. The third kappa shape index (κ3) is 9.47. The maximum absolute atomic E-state index is 12.5. The number of carbonyl (C=O) groups is 2. The van der Waals surface area contributed by atoms with Crippen LogP contribution >= 0.6 is 0 Å². The highest BCUT2D eigenvalue weighted by atomic mass is 19.4. The predicted octanol–water partition coefficient (Wildman–Crippen LogP) is 4.06. The lowest BCUT2D eigenvalue weighted by atomic mass is 9.89. The van der Waals surface area contributed by atoms with E-state index < -0.39 is 12.3 Å². The Bertz CT molecular complexity index is 1380. The molecule has 0 radical (unpaired) electrons. The van der Waals surface area contributed by atoms with Crippen molar-refractivity contribution in [3.8, 4) is 5.75 Å². The molecule has 13 heteroatoms. The molecule has 10 nitrogen and oxygen atoms in total. The van der Waals surface area contributed by atoms with Crippen LogP contribution in [0.25, 0.3) is 0 Å². The van der Waals surface area contributed by atoms with E-state index in [0.29, 0.717) is 49.5 Å². The summed E-state index contributed by atoms with van der Waals surface area (Å²) in [6, 6.07) is 8.34. The molecule has 220 valence electrons. The molecule has 0 atom stereocenters. The molecule has 0 spiro atoms. The number of hydrogen-bond acceptors (Lipinski definition) is 6. The van der Waals surface area contributed by atoms with Gasteiger partial charge in [0.2, 0.25) is 0 Å². The lowest BCUT2D eigenvalue weighted by Crippen LogP contribution is -2.31. The summed E-state index contributed by atoms with van der Waals surface area (Å²) in [7, 11) is 0. The highest BCUT2D eigenvalue weighted by Crippen LogP contribution is 2.24. The van der Waals surface area contributed by atoms with Gasteiger partial charge in [-0.05, 0) is 55.4 Å². The summed E-state index contributed by atoms with van der Waals surface area (Å²) in [5, 5.41) is 13.3. The zero-order valence-electron chi connectivity index (χ0n) is 22.5. The first-order chi connectivity index (χ1) is 19.7. The van der Waals surface area contributed by atoms with Gasteiger partial charge in [-0.15, -0.1) is 18.3 Å². The second-order valence-electron chi connectivity index (χ2n) is 10.1. The number of hydrogen-bond donors (Lipinski definition) is 2. The Hall–Kier alpha value is -4.16. The maximum atomic E-state index is 12.5. The van der Waals surface area contributed by atoms with Crippen LogP contribution in [0, 0.1) is 5.92 Å². The first-order valence-electron chi connectivity index (χ1n) is 13.7. The molecule has 3 aromatic rings. The van der Waals surface area contributed by atoms with Gasteiger partial charge in [0, 0.05) is 44.0 Å². The van der Waals surface area contributed by atoms with Gasteiger partial charge in [-0.25, -0.2) is 0 Å². The molecule has 41 heavy (non-hydrogen) atoms. The van der Waals surface area contributed by atoms with Gasteiger partial charge in [-0.1, -0.05) is 36.6 Å². The maximum Gasteiger partial charge on any atom is 0.573 e. The number of unbranched alkanes of at least 4 members (excludes halogenated alkanes) is 1. The Balaban J connectivity index is 1.18. The number of benzene rings is 1. The minimum atomic E-state index is -4.80. The van der Waals surface area contributed by atoms with Crippen LogP contribution in [-0.4, -0.2) is 44.3 Å². The lowest BCUT2D eigenvalue weighted by Gasteiger charge is -2.21. The van der Waals surface area contributed by atoms with E-state index in [-0.39, 0.29) is 29.5 Å². The number of pyridine rings is 1. The number of nitrogens with one attached hydrogen (secondary N) is 2. The predicted molar refractivity (Wildman–Crippen MR) is 143 cm³/mol. The number of halogens is 3. The van der Waals surface area contributed by atoms with E-state index in [2.05, 4.69) is 25.7 Å². The zero-order valence-corrected chi connectivity index (χ0v) is 22.5. The van der Waals surface area contributed by atoms with E-state index >= 15 is 0 Å². The summed E-state index contributed by atoms with van der Waals surface area (Å²) >= 11 is 0. The third-order valence-corrected chi connectivity index (χ3v) is 6.93. The zero-order chi connectivity index (χ0) is 29.2. The number of nitrogens with zero attached hydrogens (tertiary/aromatic N) is 4. The van der Waals surface area contributed by atoms with Crippen LogP contribution in [-0.2, 0) is 19.6 Å². The molecule has 4 rings (SSSR count). The van der Waals surface area contributed by atoms with Gasteiger partial charge in [0.05, 0.1) is 6.20 Å². The topological polar surface area (TPSA) is 120 Å². The number of aryl methyl sites for hydroxylation is 2. The second-order valence-corrected chi connectivity index (χ2v) is 10.1. The number of rotatable bonds is 12. The lowest BCUT2D eigenvalue weighted by molar-refractivity contribution is -0.274. The van der Waals surface area contributed by atoms with E-state index in [4.69, 9.17) is 0 Å². The van der Waals surface area contributed by atoms with Crippen LogP contribution in [0.3, 0.4) is 0 Å². The molecule has 1 aliphatic carbocycles. The van der Waals surface area contributed by atoms with Crippen molar-refractivity contribution in [2.75, 3.05) is 6.54 Å². The van der Waals surface area contributed by atoms with Crippen LogP contribution in [0.1, 0.15) is 71.4 Å². The van der Waals surface area contributed by atoms with Crippen LogP contribution < -0.4 is 20.9 Å². The fourth-order valence-corrected chi connectivity index (χ4v) is 4.76. The SMILES string of the molecule is O=C(NCC1CCCCC1)c1ccn(CCCCn2cc(C(=O)NCc3cccc(OC(F)(F)F)c3)nn2)c(=O)c1. The normalized spacial score (nSPS) is 14.0. The molecule has 1 saturated carbocycles. The Kier molecular flexibility index (Phi) is 10.1. The molecule has 1 aromatic carbocycles. The number of carbonyl (C=O) groups excluding carboxylic acids is 2. The van der Waals surface area contributed by atoms with Crippen LogP contribution in [0.4, 0.5) is 13.2 Å². The summed E-state index contributed by atoms with van der Waals surface area (Å²) in [4.78, 5) is 37.3. The molecule has 2 heterocycles. The smallest absolute Gasteiger partial charge is 0.406 e. The fourth-order valence-electron chi connectivity index (χ4n) is 4.76. The number of aromatic nitrogens is 4. The van der Waals surface area contributed by atoms with Crippen molar-refractivity contribution in [2.45, 2.75) is 70.9 Å². The number of amides is 2. The molecule has 0 aliphatic heterocycles. The van der Waals surface area contributed by atoms with Crippen molar-refractivity contribution in [2.24, 2.45) is 5.92 Å². The summed E-state index contributed by atoms with van der Waals surface area (Å²) in [6.45, 7) is 1.55. The van der Waals surface area contributed by atoms with Gasteiger partial charge >= 0.3 is 6.36 Å². The molecule has 0 unspecified atom stereocenters. The number of alkyl halides is 3. The van der Waals surface area contributed by atoms with Crippen LogP contribution in [0.5, 0.6) is 5.75 Å². The molecule has 1 fully saturated rings. The van der Waals surface area contributed by atoms with Gasteiger partial charge < -0.3 is 19.9 Å². The van der Waals surface area contributed by atoms with Crippen molar-refractivity contribution in [3.63, 3.8) is 0 Å². The van der Waals surface area contributed by atoms with E-state index in [1.54, 1.807) is 22.9 Å². The average Bonchev–Trinajstić information content (AvgIpc) is 3.42. The van der Waals surface area contributed by atoms with Gasteiger partial charge in [-0.3, -0.25) is 19.1 Å². The Morgan fingerprint density at radius 3 is 2.54 bits per heavy atom. The van der Waals surface area contributed by atoms with Crippen LogP contribution in [0.15, 0.2) is 53.6 Å². The highest BCUT2D eigenvalue weighted by molar-refractivity contribution is 5.94. The molecular weight excluding hydrogens is 541 g/mol. The van der Waals surface area contributed by atoms with Gasteiger partial charge in [-0.2, -0.15) is 0 Å². The minimum Gasteiger partial charge on any atom is -0.406 e. The third-order valence-electron chi connectivity index (χ3n) is 6.93. The van der Waals surface area contributed by atoms with Crippen molar-refractivity contribution < 1.29 is 27.5 Å². The summed E-state index contributed by atoms with van der Waals surface area (Å²) in [5.74, 6) is -0.608. The first kappa shape index (κ1) is 29.8. The van der Waals surface area contributed by atoms with Gasteiger partial charge in [0.25, 0.3) is 17.4 Å². The molecule has 2 aromatic heterocycles. The monoisotopic (exact) mass is 574 g/mol. The quantitative estimate of drug-likeness (QED) is 0.315. The van der Waals surface area contributed by atoms with Crippen molar-refractivity contribution in [1.29, 1.82) is 0 Å². The number of ether oxygens (including phenoxy) is 1. The van der Waals surface area contributed by atoms with Crippen LogP contribution in [0.2, 0.25) is 0 Å². The van der Waals surface area contributed by atoms with E-state index in [1.165, 1.54) is 54.4 Å². The van der Waals surface area contributed by atoms with Crippen molar-refractivity contribution in [3.05, 3.63) is 76.0 Å². The van der Waals surface area contributed by atoms with Gasteiger partial charge in [0.1, 0.15) is 5.75 Å². The molecule has 1 aliphatic rings. The minimum absolute atomic E-state index is 0.0174. The Labute approximate surface area is 234 Å².